The quantitative estimate of drug-likeness (QED) is 0.791. The van der Waals surface area contributed by atoms with Crippen molar-refractivity contribution in [3.8, 4) is 5.69 Å². The second-order valence-electron chi connectivity index (χ2n) is 3.43. The molecule has 1 aromatic heterocycles. The number of hydrogen-bond donors (Lipinski definition) is 0. The summed E-state index contributed by atoms with van der Waals surface area (Å²) in [4.78, 5) is 0. The van der Waals surface area contributed by atoms with Gasteiger partial charge in [0.2, 0.25) is 0 Å². The molecule has 3 nitrogen and oxygen atoms in total. The van der Waals surface area contributed by atoms with Crippen molar-refractivity contribution >= 4 is 23.2 Å². The van der Waals surface area contributed by atoms with Crippen LogP contribution in [-0.4, -0.2) is 15.0 Å². The van der Waals surface area contributed by atoms with Crippen LogP contribution in [0.15, 0.2) is 24.4 Å². The van der Waals surface area contributed by atoms with Crippen molar-refractivity contribution in [3.63, 3.8) is 0 Å². The molecule has 0 aliphatic carbocycles. The lowest BCUT2D eigenvalue weighted by atomic mass is 10.2. The molecule has 0 N–H and O–H groups in total. The highest BCUT2D eigenvalue weighted by atomic mass is 35.5. The van der Waals surface area contributed by atoms with Crippen molar-refractivity contribution in [2.45, 2.75) is 12.1 Å². The first-order chi connectivity index (χ1) is 8.43. The fourth-order valence-electron chi connectivity index (χ4n) is 1.41. The summed E-state index contributed by atoms with van der Waals surface area (Å²) in [6.45, 7) is 0. The van der Waals surface area contributed by atoms with Gasteiger partial charge in [0.1, 0.15) is 0 Å². The van der Waals surface area contributed by atoms with Gasteiger partial charge in [0.15, 0.2) is 0 Å². The van der Waals surface area contributed by atoms with Gasteiger partial charge in [-0.2, -0.15) is 13.2 Å². The predicted molar refractivity (Wildman–Crippen MR) is 60.9 cm³/mol. The number of rotatable bonds is 2. The molecule has 1 heterocycles. The third kappa shape index (κ3) is 2.44. The van der Waals surface area contributed by atoms with Gasteiger partial charge in [-0.05, 0) is 18.2 Å². The Labute approximate surface area is 110 Å². The van der Waals surface area contributed by atoms with E-state index in [4.69, 9.17) is 23.2 Å². The van der Waals surface area contributed by atoms with Gasteiger partial charge in [0.25, 0.3) is 0 Å². The van der Waals surface area contributed by atoms with Gasteiger partial charge >= 0.3 is 6.18 Å². The monoisotopic (exact) mass is 295 g/mol. The number of nitrogens with zero attached hydrogens (tertiary/aromatic N) is 3. The fraction of sp³-hybridized carbons (Fsp3) is 0.200. The van der Waals surface area contributed by atoms with Gasteiger partial charge in [-0.3, -0.25) is 0 Å². The first kappa shape index (κ1) is 13.2. The molecule has 1 aromatic carbocycles. The predicted octanol–water partition coefficient (Wildman–Crippen LogP) is 3.68. The highest BCUT2D eigenvalue weighted by Crippen LogP contribution is 2.33. The van der Waals surface area contributed by atoms with Crippen molar-refractivity contribution in [2.24, 2.45) is 0 Å². The molecule has 0 radical (unpaired) electrons. The maximum atomic E-state index is 12.5. The Morgan fingerprint density at radius 3 is 2.56 bits per heavy atom. The largest absolute Gasteiger partial charge is 0.416 e. The molecule has 0 spiro atoms. The number of aromatic nitrogens is 3. The van der Waals surface area contributed by atoms with Crippen molar-refractivity contribution < 1.29 is 13.2 Å². The normalized spacial score (nSPS) is 11.8. The van der Waals surface area contributed by atoms with E-state index >= 15 is 0 Å². The summed E-state index contributed by atoms with van der Waals surface area (Å²) < 4.78 is 38.7. The van der Waals surface area contributed by atoms with Crippen LogP contribution < -0.4 is 0 Å². The van der Waals surface area contributed by atoms with Crippen LogP contribution in [-0.2, 0) is 12.1 Å². The second kappa shape index (κ2) is 4.78. The molecular formula is C10H6Cl2F3N3. The molecule has 2 rings (SSSR count). The SMILES string of the molecule is FC(F)(F)c1ccc(-n2nncc2CCl)c(Cl)c1. The summed E-state index contributed by atoms with van der Waals surface area (Å²) in [5.41, 5.74) is 0.0277. The number of benzene rings is 1. The van der Waals surface area contributed by atoms with Crippen molar-refractivity contribution in [2.75, 3.05) is 0 Å². The zero-order valence-corrected chi connectivity index (χ0v) is 10.3. The van der Waals surface area contributed by atoms with E-state index in [1.807, 2.05) is 0 Å². The van der Waals surface area contributed by atoms with Crippen molar-refractivity contribution in [1.29, 1.82) is 0 Å². The number of alkyl halides is 4. The molecule has 0 aliphatic rings. The average molecular weight is 296 g/mol. The van der Waals surface area contributed by atoms with Crippen LogP contribution in [0.2, 0.25) is 5.02 Å². The van der Waals surface area contributed by atoms with E-state index in [9.17, 15) is 13.2 Å². The summed E-state index contributed by atoms with van der Waals surface area (Å²) in [6, 6.07) is 3.01. The van der Waals surface area contributed by atoms with Gasteiger partial charge in [-0.15, -0.1) is 16.7 Å². The Balaban J connectivity index is 2.48. The van der Waals surface area contributed by atoms with Crippen LogP contribution in [0, 0.1) is 0 Å². The van der Waals surface area contributed by atoms with Gasteiger partial charge in [0.05, 0.1) is 34.0 Å². The van der Waals surface area contributed by atoms with Crippen LogP contribution in [0.1, 0.15) is 11.3 Å². The van der Waals surface area contributed by atoms with Gasteiger partial charge in [-0.1, -0.05) is 16.8 Å². The summed E-state index contributed by atoms with van der Waals surface area (Å²) >= 11 is 11.5. The molecule has 0 unspecified atom stereocenters. The Morgan fingerprint density at radius 1 is 1.28 bits per heavy atom. The van der Waals surface area contributed by atoms with Crippen LogP contribution in [0.4, 0.5) is 13.2 Å². The molecule has 0 saturated carbocycles. The highest BCUT2D eigenvalue weighted by Gasteiger charge is 2.31. The lowest BCUT2D eigenvalue weighted by molar-refractivity contribution is -0.137. The van der Waals surface area contributed by atoms with Gasteiger partial charge in [0, 0.05) is 0 Å². The summed E-state index contributed by atoms with van der Waals surface area (Å²) in [5, 5.41) is 7.29. The molecule has 0 atom stereocenters. The van der Waals surface area contributed by atoms with Gasteiger partial charge < -0.3 is 0 Å². The Kier molecular flexibility index (Phi) is 3.49. The average Bonchev–Trinajstić information content (AvgIpc) is 2.75. The third-order valence-corrected chi connectivity index (χ3v) is 2.84. The molecule has 0 fully saturated rings. The molecule has 8 heteroatoms. The van der Waals surface area contributed by atoms with E-state index in [1.54, 1.807) is 0 Å². The zero-order valence-electron chi connectivity index (χ0n) is 8.75. The maximum Gasteiger partial charge on any atom is 0.416 e. The van der Waals surface area contributed by atoms with Crippen LogP contribution in [0.3, 0.4) is 0 Å². The van der Waals surface area contributed by atoms with Gasteiger partial charge in [-0.25, -0.2) is 4.68 Å². The summed E-state index contributed by atoms with van der Waals surface area (Å²) in [6.07, 6.45) is -3.01. The molecule has 0 aliphatic heterocycles. The zero-order chi connectivity index (χ0) is 13.3. The standard InChI is InChI=1S/C10H6Cl2F3N3/c11-4-7-5-16-17-18(7)9-2-1-6(3-8(9)12)10(13,14)15/h1-3,5H,4H2. The molecule has 0 amide bonds. The Bertz CT molecular complexity index is 566. The van der Waals surface area contributed by atoms with Crippen LogP contribution in [0.5, 0.6) is 0 Å². The lowest BCUT2D eigenvalue weighted by Gasteiger charge is -2.10. The number of halogens is 5. The summed E-state index contributed by atoms with van der Waals surface area (Å²) in [7, 11) is 0. The molecule has 96 valence electrons. The summed E-state index contributed by atoms with van der Waals surface area (Å²) in [5.74, 6) is 0.129. The maximum absolute atomic E-state index is 12.5. The highest BCUT2D eigenvalue weighted by molar-refractivity contribution is 6.32. The molecular weight excluding hydrogens is 290 g/mol. The molecule has 2 aromatic rings. The number of hydrogen-bond acceptors (Lipinski definition) is 2. The van der Waals surface area contributed by atoms with E-state index in [0.717, 1.165) is 12.1 Å². The smallest absolute Gasteiger partial charge is 0.215 e. The van der Waals surface area contributed by atoms with Crippen molar-refractivity contribution in [1.82, 2.24) is 15.0 Å². The Hall–Kier alpha value is -1.27. The first-order valence-corrected chi connectivity index (χ1v) is 5.67. The van der Waals surface area contributed by atoms with E-state index in [2.05, 4.69) is 10.3 Å². The minimum absolute atomic E-state index is 0.0679. The van der Waals surface area contributed by atoms with E-state index in [-0.39, 0.29) is 10.9 Å². The van der Waals surface area contributed by atoms with Crippen molar-refractivity contribution in [3.05, 3.63) is 40.7 Å². The first-order valence-electron chi connectivity index (χ1n) is 4.76. The fourth-order valence-corrected chi connectivity index (χ4v) is 1.85. The molecule has 18 heavy (non-hydrogen) atoms. The Morgan fingerprint density at radius 2 is 2.00 bits per heavy atom. The molecule has 0 saturated heterocycles. The third-order valence-electron chi connectivity index (χ3n) is 2.26. The van der Waals surface area contributed by atoms with E-state index in [0.29, 0.717) is 11.4 Å². The molecule has 0 bridgehead atoms. The topological polar surface area (TPSA) is 30.7 Å². The minimum atomic E-state index is -4.43. The second-order valence-corrected chi connectivity index (χ2v) is 4.11. The van der Waals surface area contributed by atoms with E-state index < -0.39 is 11.7 Å². The van der Waals surface area contributed by atoms with Crippen LogP contribution in [0.25, 0.3) is 5.69 Å². The minimum Gasteiger partial charge on any atom is -0.215 e. The van der Waals surface area contributed by atoms with E-state index in [1.165, 1.54) is 16.9 Å². The van der Waals surface area contributed by atoms with Crippen LogP contribution >= 0.6 is 23.2 Å². The lowest BCUT2D eigenvalue weighted by Crippen LogP contribution is -2.07.